The molecule has 2 N–H and O–H groups in total. The molecule has 0 spiro atoms. The van der Waals surface area contributed by atoms with Crippen molar-refractivity contribution < 1.29 is 9.59 Å². The van der Waals surface area contributed by atoms with Crippen LogP contribution in [0.5, 0.6) is 0 Å². The minimum absolute atomic E-state index is 0.0825. The zero-order valence-corrected chi connectivity index (χ0v) is 19.3. The number of unbranched alkanes of at least 4 members (excludes halogenated alkanes) is 4. The van der Waals surface area contributed by atoms with Crippen LogP contribution >= 0.6 is 0 Å². The quantitative estimate of drug-likeness (QED) is 0.440. The lowest BCUT2D eigenvalue weighted by Crippen LogP contribution is -2.47. The van der Waals surface area contributed by atoms with Gasteiger partial charge in [-0.25, -0.2) is 0 Å². The van der Waals surface area contributed by atoms with Crippen LogP contribution in [-0.2, 0) is 4.79 Å². The Morgan fingerprint density at radius 1 is 1.06 bits per heavy atom. The maximum absolute atomic E-state index is 13.5. The molecule has 2 atom stereocenters. The van der Waals surface area contributed by atoms with E-state index in [0.29, 0.717) is 12.1 Å². The van der Waals surface area contributed by atoms with Gasteiger partial charge in [0.2, 0.25) is 5.91 Å². The molecule has 32 heavy (non-hydrogen) atoms. The Morgan fingerprint density at radius 2 is 1.78 bits per heavy atom. The van der Waals surface area contributed by atoms with Gasteiger partial charge in [0.1, 0.15) is 6.04 Å². The van der Waals surface area contributed by atoms with Gasteiger partial charge in [0.05, 0.1) is 6.04 Å². The van der Waals surface area contributed by atoms with Crippen molar-refractivity contribution in [2.45, 2.75) is 65.0 Å². The number of benzene rings is 2. The van der Waals surface area contributed by atoms with E-state index in [4.69, 9.17) is 0 Å². The van der Waals surface area contributed by atoms with E-state index >= 15 is 0 Å². The van der Waals surface area contributed by atoms with Crippen LogP contribution in [0.2, 0.25) is 0 Å². The Kier molecular flexibility index (Phi) is 6.63. The van der Waals surface area contributed by atoms with E-state index in [2.05, 4.69) is 23.3 Å². The molecule has 0 bridgehead atoms. The molecule has 168 valence electrons. The van der Waals surface area contributed by atoms with Gasteiger partial charge >= 0.3 is 0 Å². The Hall–Kier alpha value is -3.08. The van der Waals surface area contributed by atoms with Crippen molar-refractivity contribution in [3.05, 3.63) is 70.9 Å². The third-order valence-corrected chi connectivity index (χ3v) is 6.59. The lowest BCUT2D eigenvalue weighted by molar-refractivity contribution is -0.125. The van der Waals surface area contributed by atoms with E-state index in [-0.39, 0.29) is 17.9 Å². The summed E-state index contributed by atoms with van der Waals surface area (Å²) < 4.78 is 0. The molecule has 0 saturated carbocycles. The van der Waals surface area contributed by atoms with Gasteiger partial charge in [-0.2, -0.15) is 0 Å². The molecule has 2 amide bonds. The zero-order valence-electron chi connectivity index (χ0n) is 19.3. The molecule has 0 radical (unpaired) electrons. The molecule has 1 aliphatic heterocycles. The molecule has 1 aliphatic rings. The predicted octanol–water partition coefficient (Wildman–Crippen LogP) is 5.50. The monoisotopic (exact) mass is 431 g/mol. The third kappa shape index (κ3) is 4.04. The standard InChI is InChI=1S/C27H33N3O2/c1-4-5-6-7-12-17-28-26(31)19(3)30-25(20-13-8-9-14-21(20)27(30)32)24-18(2)29-23-16-11-10-15-22(23)24/h8-11,13-16,19,25,29H,4-7,12,17H2,1-3H3,(H,28,31). The number of amides is 2. The number of aryl methyl sites for hydroxylation is 1. The zero-order chi connectivity index (χ0) is 22.7. The van der Waals surface area contributed by atoms with Crippen molar-refractivity contribution in [2.75, 3.05) is 6.54 Å². The lowest BCUT2D eigenvalue weighted by atomic mass is 9.95. The number of aromatic nitrogens is 1. The van der Waals surface area contributed by atoms with Gasteiger partial charge < -0.3 is 15.2 Å². The highest BCUT2D eigenvalue weighted by Gasteiger charge is 2.43. The SMILES string of the molecule is CCCCCCCNC(=O)C(C)N1C(=O)c2ccccc2C1c1c(C)[nH]c2ccccc12. The number of H-pyrrole nitrogens is 1. The van der Waals surface area contributed by atoms with Crippen LogP contribution < -0.4 is 5.32 Å². The second-order valence-electron chi connectivity index (χ2n) is 8.79. The Balaban J connectivity index is 1.62. The summed E-state index contributed by atoms with van der Waals surface area (Å²) in [6.07, 6.45) is 5.72. The summed E-state index contributed by atoms with van der Waals surface area (Å²) in [5.74, 6) is -0.176. The largest absolute Gasteiger partial charge is 0.358 e. The van der Waals surface area contributed by atoms with Crippen LogP contribution in [-0.4, -0.2) is 34.3 Å². The second kappa shape index (κ2) is 9.60. The van der Waals surface area contributed by atoms with Crippen LogP contribution in [0, 0.1) is 6.92 Å². The van der Waals surface area contributed by atoms with Crippen LogP contribution in [0.15, 0.2) is 48.5 Å². The van der Waals surface area contributed by atoms with Gasteiger partial charge in [0, 0.05) is 34.3 Å². The number of para-hydroxylation sites is 1. The molecule has 0 saturated heterocycles. The molecule has 0 fully saturated rings. The fourth-order valence-electron chi connectivity index (χ4n) is 4.90. The third-order valence-electron chi connectivity index (χ3n) is 6.59. The molecule has 0 aliphatic carbocycles. The fraction of sp³-hybridized carbons (Fsp3) is 0.407. The smallest absolute Gasteiger partial charge is 0.255 e. The first-order chi connectivity index (χ1) is 15.5. The number of nitrogens with one attached hydrogen (secondary N) is 2. The average Bonchev–Trinajstić information content (AvgIpc) is 3.28. The summed E-state index contributed by atoms with van der Waals surface area (Å²) in [4.78, 5) is 31.8. The molecule has 2 aromatic carbocycles. The van der Waals surface area contributed by atoms with E-state index in [1.165, 1.54) is 19.3 Å². The minimum Gasteiger partial charge on any atom is -0.358 e. The van der Waals surface area contributed by atoms with Crippen LogP contribution in [0.4, 0.5) is 0 Å². The summed E-state index contributed by atoms with van der Waals surface area (Å²) in [5.41, 5.74) is 4.78. The van der Waals surface area contributed by atoms with Gasteiger partial charge in [-0.3, -0.25) is 9.59 Å². The van der Waals surface area contributed by atoms with Crippen molar-refractivity contribution in [3.8, 4) is 0 Å². The molecule has 4 rings (SSSR count). The molecule has 3 aromatic rings. The summed E-state index contributed by atoms with van der Waals surface area (Å²) >= 11 is 0. The molecule has 5 heteroatoms. The predicted molar refractivity (Wildman–Crippen MR) is 129 cm³/mol. The van der Waals surface area contributed by atoms with Crippen LogP contribution in [0.3, 0.4) is 0 Å². The lowest BCUT2D eigenvalue weighted by Gasteiger charge is -2.31. The average molecular weight is 432 g/mol. The highest BCUT2D eigenvalue weighted by molar-refractivity contribution is 6.03. The number of rotatable bonds is 9. The number of hydrogen-bond donors (Lipinski definition) is 2. The molecule has 1 aromatic heterocycles. The molecule has 2 heterocycles. The Bertz CT molecular complexity index is 1120. The summed E-state index contributed by atoms with van der Waals surface area (Å²) in [5, 5.41) is 4.15. The number of carbonyl (C=O) groups is 2. The highest BCUT2D eigenvalue weighted by Crippen LogP contribution is 2.43. The second-order valence-corrected chi connectivity index (χ2v) is 8.79. The first-order valence-corrected chi connectivity index (χ1v) is 11.8. The minimum atomic E-state index is -0.566. The van der Waals surface area contributed by atoms with Crippen molar-refractivity contribution in [2.24, 2.45) is 0 Å². The van der Waals surface area contributed by atoms with E-state index in [1.54, 1.807) is 4.90 Å². The van der Waals surface area contributed by atoms with Gasteiger partial charge in [0.25, 0.3) is 5.91 Å². The van der Waals surface area contributed by atoms with Crippen molar-refractivity contribution >= 4 is 22.7 Å². The fourth-order valence-corrected chi connectivity index (χ4v) is 4.90. The maximum Gasteiger partial charge on any atom is 0.255 e. The maximum atomic E-state index is 13.5. The van der Waals surface area contributed by atoms with E-state index in [9.17, 15) is 9.59 Å². The first kappa shape index (κ1) is 22.1. The molecule has 5 nitrogen and oxygen atoms in total. The van der Waals surface area contributed by atoms with Gasteiger partial charge in [-0.1, -0.05) is 69.0 Å². The molecular weight excluding hydrogens is 398 g/mol. The van der Waals surface area contributed by atoms with Crippen molar-refractivity contribution in [1.82, 2.24) is 15.2 Å². The van der Waals surface area contributed by atoms with Gasteiger partial charge in [-0.05, 0) is 38.0 Å². The van der Waals surface area contributed by atoms with E-state index in [1.807, 2.05) is 56.3 Å². The van der Waals surface area contributed by atoms with Gasteiger partial charge in [-0.15, -0.1) is 0 Å². The van der Waals surface area contributed by atoms with E-state index < -0.39 is 6.04 Å². The normalized spacial score (nSPS) is 16.4. The number of hydrogen-bond acceptors (Lipinski definition) is 2. The Morgan fingerprint density at radius 3 is 2.59 bits per heavy atom. The number of carbonyl (C=O) groups excluding carboxylic acids is 2. The number of fused-ring (bicyclic) bond motifs is 2. The summed E-state index contributed by atoms with van der Waals surface area (Å²) in [6.45, 7) is 6.73. The molecule has 2 unspecified atom stereocenters. The van der Waals surface area contributed by atoms with E-state index in [0.717, 1.165) is 40.6 Å². The summed E-state index contributed by atoms with van der Waals surface area (Å²) in [7, 11) is 0. The first-order valence-electron chi connectivity index (χ1n) is 11.8. The molecular formula is C27H33N3O2. The number of aromatic amines is 1. The van der Waals surface area contributed by atoms with Crippen molar-refractivity contribution in [1.29, 1.82) is 0 Å². The van der Waals surface area contributed by atoms with Crippen LogP contribution in [0.1, 0.15) is 79.2 Å². The Labute approximate surface area is 190 Å². The number of nitrogens with zero attached hydrogens (tertiary/aromatic N) is 1. The van der Waals surface area contributed by atoms with Gasteiger partial charge in [0.15, 0.2) is 0 Å². The topological polar surface area (TPSA) is 65.2 Å². The van der Waals surface area contributed by atoms with Crippen molar-refractivity contribution in [3.63, 3.8) is 0 Å². The highest BCUT2D eigenvalue weighted by atomic mass is 16.2. The summed E-state index contributed by atoms with van der Waals surface area (Å²) in [6, 6.07) is 15.0. The van der Waals surface area contributed by atoms with Crippen LogP contribution in [0.25, 0.3) is 10.9 Å².